The standard InChI is InChI=1S/C9H11NO5/c1-15-7-3-5(4-10-14)2-6(8(7)11)9(12)13/h2-3,10-11,14H,4H2,1H3,(H,12,13). The van der Waals surface area contributed by atoms with E-state index in [2.05, 4.69) is 0 Å². The molecule has 0 bridgehead atoms. The quantitative estimate of drug-likeness (QED) is 0.546. The zero-order chi connectivity index (χ0) is 11.4. The number of methoxy groups -OCH3 is 1. The van der Waals surface area contributed by atoms with Crippen LogP contribution in [0.1, 0.15) is 15.9 Å². The van der Waals surface area contributed by atoms with Crippen LogP contribution >= 0.6 is 0 Å². The number of rotatable bonds is 4. The number of nitrogens with one attached hydrogen (secondary N) is 1. The number of carboxylic acid groups (broad SMARTS) is 1. The third-order valence-corrected chi connectivity index (χ3v) is 1.87. The smallest absolute Gasteiger partial charge is 0.339 e. The van der Waals surface area contributed by atoms with Crippen LogP contribution in [0.3, 0.4) is 0 Å². The molecule has 0 spiro atoms. The number of aromatic hydroxyl groups is 1. The summed E-state index contributed by atoms with van der Waals surface area (Å²) < 4.78 is 4.80. The van der Waals surface area contributed by atoms with Crippen molar-refractivity contribution in [2.24, 2.45) is 0 Å². The number of carboxylic acids is 1. The van der Waals surface area contributed by atoms with Gasteiger partial charge in [-0.15, -0.1) is 0 Å². The zero-order valence-corrected chi connectivity index (χ0v) is 8.02. The molecule has 0 fully saturated rings. The van der Waals surface area contributed by atoms with Gasteiger partial charge in [0.25, 0.3) is 0 Å². The lowest BCUT2D eigenvalue weighted by atomic mass is 10.1. The second-order valence-corrected chi connectivity index (χ2v) is 2.83. The van der Waals surface area contributed by atoms with Crippen molar-refractivity contribution in [3.8, 4) is 11.5 Å². The van der Waals surface area contributed by atoms with Crippen LogP contribution in [0.15, 0.2) is 12.1 Å². The van der Waals surface area contributed by atoms with E-state index in [0.717, 1.165) is 0 Å². The molecule has 0 saturated heterocycles. The molecule has 15 heavy (non-hydrogen) atoms. The molecular formula is C9H11NO5. The molecule has 82 valence electrons. The van der Waals surface area contributed by atoms with Crippen LogP contribution < -0.4 is 10.2 Å². The third kappa shape index (κ3) is 2.36. The summed E-state index contributed by atoms with van der Waals surface area (Å²) in [6, 6.07) is 2.69. The van der Waals surface area contributed by atoms with Gasteiger partial charge in [0.15, 0.2) is 11.5 Å². The highest BCUT2D eigenvalue weighted by atomic mass is 16.5. The van der Waals surface area contributed by atoms with E-state index in [0.29, 0.717) is 5.56 Å². The normalized spacial score (nSPS) is 10.0. The molecule has 0 aliphatic heterocycles. The Labute approximate surface area is 85.7 Å². The molecule has 0 aliphatic rings. The maximum Gasteiger partial charge on any atom is 0.339 e. The van der Waals surface area contributed by atoms with Crippen LogP contribution in [-0.2, 0) is 6.54 Å². The fourth-order valence-corrected chi connectivity index (χ4v) is 1.18. The van der Waals surface area contributed by atoms with Crippen molar-refractivity contribution in [2.45, 2.75) is 6.54 Å². The molecule has 6 nitrogen and oxygen atoms in total. The fourth-order valence-electron chi connectivity index (χ4n) is 1.18. The van der Waals surface area contributed by atoms with Gasteiger partial charge < -0.3 is 20.2 Å². The van der Waals surface area contributed by atoms with Crippen LogP contribution in [0.2, 0.25) is 0 Å². The van der Waals surface area contributed by atoms with Crippen molar-refractivity contribution < 1.29 is 25.0 Å². The van der Waals surface area contributed by atoms with Gasteiger partial charge in [-0.25, -0.2) is 10.3 Å². The largest absolute Gasteiger partial charge is 0.504 e. The van der Waals surface area contributed by atoms with Crippen molar-refractivity contribution in [1.29, 1.82) is 0 Å². The molecule has 1 aromatic carbocycles. The van der Waals surface area contributed by atoms with Gasteiger partial charge in [0.05, 0.1) is 7.11 Å². The highest BCUT2D eigenvalue weighted by molar-refractivity contribution is 5.92. The third-order valence-electron chi connectivity index (χ3n) is 1.87. The van der Waals surface area contributed by atoms with Crippen LogP contribution in [0.25, 0.3) is 0 Å². The number of ether oxygens (including phenoxy) is 1. The average Bonchev–Trinajstić information content (AvgIpc) is 2.20. The molecule has 0 atom stereocenters. The molecule has 0 saturated carbocycles. The van der Waals surface area contributed by atoms with E-state index < -0.39 is 11.7 Å². The number of benzene rings is 1. The Morgan fingerprint density at radius 1 is 1.53 bits per heavy atom. The maximum atomic E-state index is 10.7. The summed E-state index contributed by atoms with van der Waals surface area (Å²) in [5, 5.41) is 26.7. The fraction of sp³-hybridized carbons (Fsp3) is 0.222. The maximum absolute atomic E-state index is 10.7. The summed E-state index contributed by atoms with van der Waals surface area (Å²) >= 11 is 0. The van der Waals surface area contributed by atoms with E-state index in [-0.39, 0.29) is 17.9 Å². The number of aromatic carboxylic acids is 1. The first kappa shape index (κ1) is 11.3. The summed E-state index contributed by atoms with van der Waals surface area (Å²) in [6.45, 7) is 0.0664. The predicted octanol–water partition coefficient (Wildman–Crippen LogP) is 0.578. The molecule has 4 N–H and O–H groups in total. The summed E-state index contributed by atoms with van der Waals surface area (Å²) in [5.41, 5.74) is 2.12. The summed E-state index contributed by atoms with van der Waals surface area (Å²) in [7, 11) is 1.32. The first-order chi connectivity index (χ1) is 7.10. The molecule has 0 unspecified atom stereocenters. The van der Waals surface area contributed by atoms with Gasteiger partial charge in [-0.05, 0) is 17.7 Å². The lowest BCUT2D eigenvalue weighted by Gasteiger charge is -2.09. The van der Waals surface area contributed by atoms with Gasteiger partial charge in [0, 0.05) is 6.54 Å². The van der Waals surface area contributed by atoms with E-state index in [1.54, 1.807) is 0 Å². The van der Waals surface area contributed by atoms with Gasteiger partial charge in [-0.3, -0.25) is 0 Å². The van der Waals surface area contributed by atoms with Crippen molar-refractivity contribution in [1.82, 2.24) is 5.48 Å². The number of hydrogen-bond acceptors (Lipinski definition) is 5. The molecule has 1 aromatic rings. The van der Waals surface area contributed by atoms with Crippen molar-refractivity contribution in [2.75, 3.05) is 7.11 Å². The lowest BCUT2D eigenvalue weighted by molar-refractivity contribution is 0.0692. The molecule has 0 radical (unpaired) electrons. The molecule has 0 aliphatic carbocycles. The van der Waals surface area contributed by atoms with Crippen molar-refractivity contribution >= 4 is 5.97 Å². The molecular weight excluding hydrogens is 202 g/mol. The Balaban J connectivity index is 3.25. The van der Waals surface area contributed by atoms with E-state index in [1.807, 2.05) is 5.48 Å². The van der Waals surface area contributed by atoms with Crippen molar-refractivity contribution in [3.05, 3.63) is 23.3 Å². The molecule has 6 heteroatoms. The van der Waals surface area contributed by atoms with Gasteiger partial charge in [-0.1, -0.05) is 0 Å². The topological polar surface area (TPSA) is 99.0 Å². The number of carbonyl (C=O) groups is 1. The first-order valence-corrected chi connectivity index (χ1v) is 4.10. The Kier molecular flexibility index (Phi) is 3.48. The second-order valence-electron chi connectivity index (χ2n) is 2.83. The zero-order valence-electron chi connectivity index (χ0n) is 8.02. The summed E-state index contributed by atoms with van der Waals surface area (Å²) in [6.07, 6.45) is 0. The average molecular weight is 213 g/mol. The Bertz CT molecular complexity index is 377. The molecule has 0 heterocycles. The highest BCUT2D eigenvalue weighted by Gasteiger charge is 2.15. The minimum Gasteiger partial charge on any atom is -0.504 e. The van der Waals surface area contributed by atoms with Crippen LogP contribution in [0.4, 0.5) is 0 Å². The summed E-state index contributed by atoms with van der Waals surface area (Å²) in [4.78, 5) is 10.7. The Hall–Kier alpha value is -1.79. The highest BCUT2D eigenvalue weighted by Crippen LogP contribution is 2.31. The molecule has 0 amide bonds. The van der Waals surface area contributed by atoms with E-state index in [9.17, 15) is 9.90 Å². The lowest BCUT2D eigenvalue weighted by Crippen LogP contribution is -2.08. The molecule has 1 rings (SSSR count). The number of hydrogen-bond donors (Lipinski definition) is 4. The Morgan fingerprint density at radius 3 is 2.67 bits per heavy atom. The minimum absolute atomic E-state index is 0.0557. The van der Waals surface area contributed by atoms with Crippen LogP contribution in [-0.4, -0.2) is 28.5 Å². The van der Waals surface area contributed by atoms with E-state index in [4.69, 9.17) is 15.1 Å². The van der Waals surface area contributed by atoms with E-state index >= 15 is 0 Å². The van der Waals surface area contributed by atoms with E-state index in [1.165, 1.54) is 19.2 Å². The van der Waals surface area contributed by atoms with Crippen LogP contribution in [0, 0.1) is 0 Å². The summed E-state index contributed by atoms with van der Waals surface area (Å²) in [5.74, 6) is -1.63. The monoisotopic (exact) mass is 213 g/mol. The Morgan fingerprint density at radius 2 is 2.20 bits per heavy atom. The molecule has 0 aromatic heterocycles. The number of phenols is 1. The van der Waals surface area contributed by atoms with Gasteiger partial charge in [-0.2, -0.15) is 0 Å². The first-order valence-electron chi connectivity index (χ1n) is 4.10. The SMILES string of the molecule is COc1cc(CNO)cc(C(=O)O)c1O. The minimum atomic E-state index is -1.26. The van der Waals surface area contributed by atoms with Crippen LogP contribution in [0.5, 0.6) is 11.5 Å². The van der Waals surface area contributed by atoms with Gasteiger partial charge >= 0.3 is 5.97 Å². The second kappa shape index (κ2) is 4.63. The predicted molar refractivity (Wildman–Crippen MR) is 50.2 cm³/mol. The number of hydroxylamine groups is 1. The van der Waals surface area contributed by atoms with Crippen molar-refractivity contribution in [3.63, 3.8) is 0 Å². The van der Waals surface area contributed by atoms with Gasteiger partial charge in [0.1, 0.15) is 5.56 Å². The van der Waals surface area contributed by atoms with Gasteiger partial charge in [0.2, 0.25) is 0 Å².